The van der Waals surface area contributed by atoms with E-state index in [4.69, 9.17) is 0 Å². The molecule has 0 aliphatic heterocycles. The highest BCUT2D eigenvalue weighted by Gasteiger charge is 2.51. The van der Waals surface area contributed by atoms with Crippen LogP contribution in [0.15, 0.2) is 0 Å². The second-order valence-corrected chi connectivity index (χ2v) is 14.5. The van der Waals surface area contributed by atoms with E-state index in [9.17, 15) is 9.59 Å². The predicted molar refractivity (Wildman–Crippen MR) is 133 cm³/mol. The Hall–Kier alpha value is -0.660. The Morgan fingerprint density at radius 3 is 1.06 bits per heavy atom. The molecule has 2 nitrogen and oxygen atoms in total. The zero-order valence-electron chi connectivity index (χ0n) is 21.1. The molecule has 2 heteroatoms. The Morgan fingerprint density at radius 2 is 0.758 bits per heavy atom. The highest BCUT2D eigenvalue weighted by molar-refractivity contribution is 5.79. The van der Waals surface area contributed by atoms with Gasteiger partial charge in [-0.15, -0.1) is 0 Å². The lowest BCUT2D eigenvalue weighted by Gasteiger charge is -2.57. The SMILES string of the molecule is O=C(CCCCCC(=O)CCC12CC3CC(CC(C3)C1)C2)CCC12CC3CC(CC(C3)C1)C2. The van der Waals surface area contributed by atoms with E-state index in [1.807, 2.05) is 0 Å². The number of hydrogen-bond acceptors (Lipinski definition) is 2. The fourth-order valence-electron chi connectivity index (χ4n) is 11.1. The summed E-state index contributed by atoms with van der Waals surface area (Å²) in [5.41, 5.74) is 1.10. The van der Waals surface area contributed by atoms with Crippen molar-refractivity contribution in [3.05, 3.63) is 0 Å². The van der Waals surface area contributed by atoms with Gasteiger partial charge in [0.25, 0.3) is 0 Å². The Labute approximate surface area is 202 Å². The van der Waals surface area contributed by atoms with Crippen LogP contribution in [0.3, 0.4) is 0 Å². The number of rotatable bonds is 12. The van der Waals surface area contributed by atoms with E-state index in [1.165, 1.54) is 89.9 Å². The lowest BCUT2D eigenvalue weighted by Crippen LogP contribution is -2.46. The van der Waals surface area contributed by atoms with Gasteiger partial charge in [-0.3, -0.25) is 9.59 Å². The maximum atomic E-state index is 12.6. The molecule has 8 rings (SSSR count). The van der Waals surface area contributed by atoms with Gasteiger partial charge >= 0.3 is 0 Å². The minimum absolute atomic E-state index is 0.499. The van der Waals surface area contributed by atoms with Gasteiger partial charge in [-0.25, -0.2) is 0 Å². The van der Waals surface area contributed by atoms with Crippen molar-refractivity contribution in [3.8, 4) is 0 Å². The maximum absolute atomic E-state index is 12.6. The minimum atomic E-state index is 0.499. The van der Waals surface area contributed by atoms with E-state index in [-0.39, 0.29) is 0 Å². The molecule has 0 spiro atoms. The lowest BCUT2D eigenvalue weighted by molar-refractivity contribution is -0.121. The minimum Gasteiger partial charge on any atom is -0.300 e. The monoisotopic (exact) mass is 452 g/mol. The van der Waals surface area contributed by atoms with Crippen LogP contribution in [0.25, 0.3) is 0 Å². The van der Waals surface area contributed by atoms with E-state index in [1.54, 1.807) is 0 Å². The van der Waals surface area contributed by atoms with Gasteiger partial charge in [0.1, 0.15) is 11.6 Å². The number of carbonyl (C=O) groups excluding carboxylic acids is 2. The van der Waals surface area contributed by atoms with Crippen molar-refractivity contribution in [2.24, 2.45) is 46.3 Å². The molecular weight excluding hydrogens is 404 g/mol. The molecule has 0 unspecified atom stereocenters. The van der Waals surface area contributed by atoms with Crippen molar-refractivity contribution < 1.29 is 9.59 Å². The third kappa shape index (κ3) is 5.02. The first kappa shape index (κ1) is 22.8. The number of Topliss-reactive ketones (excluding diaryl/α,β-unsaturated/α-hetero) is 2. The quantitative estimate of drug-likeness (QED) is 0.281. The number of carbonyl (C=O) groups is 2. The molecule has 0 N–H and O–H groups in total. The third-order valence-corrected chi connectivity index (χ3v) is 11.6. The number of ketones is 2. The van der Waals surface area contributed by atoms with E-state index < -0.39 is 0 Å². The van der Waals surface area contributed by atoms with Crippen molar-refractivity contribution in [2.75, 3.05) is 0 Å². The first-order valence-electron chi connectivity index (χ1n) is 15.0. The van der Waals surface area contributed by atoms with Crippen LogP contribution in [-0.4, -0.2) is 11.6 Å². The van der Waals surface area contributed by atoms with E-state index >= 15 is 0 Å². The van der Waals surface area contributed by atoms with Gasteiger partial charge in [-0.05, 0) is 149 Å². The third-order valence-electron chi connectivity index (χ3n) is 11.6. The fourth-order valence-corrected chi connectivity index (χ4v) is 11.1. The summed E-state index contributed by atoms with van der Waals surface area (Å²) in [7, 11) is 0. The average Bonchev–Trinajstić information content (AvgIpc) is 2.74. The summed E-state index contributed by atoms with van der Waals surface area (Å²) in [6, 6.07) is 0. The molecule has 8 aliphatic rings. The molecule has 8 bridgehead atoms. The zero-order chi connectivity index (χ0) is 22.5. The second-order valence-electron chi connectivity index (χ2n) is 14.5. The van der Waals surface area contributed by atoms with Gasteiger partial charge < -0.3 is 0 Å². The first-order valence-corrected chi connectivity index (χ1v) is 15.0. The Kier molecular flexibility index (Phi) is 6.27. The van der Waals surface area contributed by atoms with Crippen molar-refractivity contribution >= 4 is 11.6 Å². The van der Waals surface area contributed by atoms with Crippen LogP contribution in [0.5, 0.6) is 0 Å². The predicted octanol–water partition coefficient (Wildman–Crippen LogP) is 8.07. The average molecular weight is 453 g/mol. The summed E-state index contributed by atoms with van der Waals surface area (Å²) >= 11 is 0. The molecule has 8 saturated carbocycles. The van der Waals surface area contributed by atoms with Gasteiger partial charge in [0, 0.05) is 25.7 Å². The van der Waals surface area contributed by atoms with Gasteiger partial charge in [-0.2, -0.15) is 0 Å². The summed E-state index contributed by atoms with van der Waals surface area (Å²) in [6.45, 7) is 0. The summed E-state index contributed by atoms with van der Waals surface area (Å²) in [5, 5.41) is 0. The highest BCUT2D eigenvalue weighted by Crippen LogP contribution is 2.62. The van der Waals surface area contributed by atoms with Crippen molar-refractivity contribution in [1.82, 2.24) is 0 Å². The zero-order valence-corrected chi connectivity index (χ0v) is 21.1. The molecule has 0 aromatic carbocycles. The summed E-state index contributed by atoms with van der Waals surface area (Å²) in [6.07, 6.45) is 26.1. The van der Waals surface area contributed by atoms with Crippen molar-refractivity contribution in [1.29, 1.82) is 0 Å². The van der Waals surface area contributed by atoms with E-state index in [2.05, 4.69) is 0 Å². The van der Waals surface area contributed by atoms with Crippen LogP contribution in [0, 0.1) is 46.3 Å². The van der Waals surface area contributed by atoms with Crippen LogP contribution < -0.4 is 0 Å². The Morgan fingerprint density at radius 1 is 0.455 bits per heavy atom. The van der Waals surface area contributed by atoms with Crippen molar-refractivity contribution in [2.45, 2.75) is 135 Å². The standard InChI is InChI=1S/C31H48O2/c32-28(6-8-30-16-22-10-23(17-30)12-24(11-22)18-30)4-2-1-3-5-29(33)7-9-31-19-25-13-26(20-31)15-27(14-25)21-31/h22-27H,1-21H2. The molecule has 0 aromatic heterocycles. The van der Waals surface area contributed by atoms with Crippen LogP contribution in [0.2, 0.25) is 0 Å². The number of hydrogen-bond donors (Lipinski definition) is 0. The van der Waals surface area contributed by atoms with Crippen LogP contribution in [0.1, 0.15) is 135 Å². The van der Waals surface area contributed by atoms with Gasteiger partial charge in [-0.1, -0.05) is 6.42 Å². The molecule has 8 aliphatic carbocycles. The molecule has 0 saturated heterocycles. The molecule has 184 valence electrons. The summed E-state index contributed by atoms with van der Waals surface area (Å²) in [4.78, 5) is 25.1. The molecule has 0 atom stereocenters. The summed E-state index contributed by atoms with van der Waals surface area (Å²) in [5.74, 6) is 6.95. The second kappa shape index (κ2) is 9.09. The number of unbranched alkanes of at least 4 members (excludes halogenated alkanes) is 2. The van der Waals surface area contributed by atoms with Gasteiger partial charge in [0.2, 0.25) is 0 Å². The molecule has 0 aromatic rings. The molecule has 8 fully saturated rings. The fraction of sp³-hybridized carbons (Fsp3) is 0.935. The van der Waals surface area contributed by atoms with Crippen LogP contribution in [0.4, 0.5) is 0 Å². The molecule has 0 heterocycles. The smallest absolute Gasteiger partial charge is 0.132 e. The van der Waals surface area contributed by atoms with E-state index in [0.29, 0.717) is 22.4 Å². The Balaban J connectivity index is 0.843. The largest absolute Gasteiger partial charge is 0.300 e. The van der Waals surface area contributed by atoms with Crippen molar-refractivity contribution in [3.63, 3.8) is 0 Å². The maximum Gasteiger partial charge on any atom is 0.132 e. The topological polar surface area (TPSA) is 34.1 Å². The summed E-state index contributed by atoms with van der Waals surface area (Å²) < 4.78 is 0. The molecule has 33 heavy (non-hydrogen) atoms. The molecule has 0 radical (unpaired) electrons. The first-order chi connectivity index (χ1) is 16.0. The van der Waals surface area contributed by atoms with E-state index in [0.717, 1.165) is 80.5 Å². The molecule has 0 amide bonds. The lowest BCUT2D eigenvalue weighted by atomic mass is 9.48. The normalized spacial score (nSPS) is 44.5. The molecular formula is C31H48O2. The van der Waals surface area contributed by atoms with Gasteiger partial charge in [0.15, 0.2) is 0 Å². The van der Waals surface area contributed by atoms with Crippen LogP contribution >= 0.6 is 0 Å². The Bertz CT molecular complexity index is 615. The van der Waals surface area contributed by atoms with Gasteiger partial charge in [0.05, 0.1) is 0 Å². The van der Waals surface area contributed by atoms with Crippen LogP contribution in [-0.2, 0) is 9.59 Å². The highest BCUT2D eigenvalue weighted by atomic mass is 16.1.